The van der Waals surface area contributed by atoms with E-state index in [4.69, 9.17) is 4.99 Å². The fourth-order valence-electron chi connectivity index (χ4n) is 4.75. The van der Waals surface area contributed by atoms with Crippen LogP contribution in [0.2, 0.25) is 0 Å². The number of aliphatic imine (C=N–C) groups is 1. The molecule has 1 aromatic heterocycles. The van der Waals surface area contributed by atoms with E-state index in [1.54, 1.807) is 30.1 Å². The van der Waals surface area contributed by atoms with Gasteiger partial charge in [-0.05, 0) is 67.8 Å². The molecular weight excluding hydrogens is 436 g/mol. The smallest absolute Gasteiger partial charge is 0.243 e. The average Bonchev–Trinajstić information content (AvgIpc) is 3.29. The first kappa shape index (κ1) is 21.9. The molecule has 3 heterocycles. The number of likely N-dealkylation sites (N-methyl/N-ethyl adjacent to an activating group) is 1. The van der Waals surface area contributed by atoms with Gasteiger partial charge in [0, 0.05) is 49.8 Å². The summed E-state index contributed by atoms with van der Waals surface area (Å²) in [5.41, 5.74) is 5.96. The van der Waals surface area contributed by atoms with Crippen molar-refractivity contribution in [2.45, 2.75) is 37.5 Å². The number of anilines is 1. The molecular formula is C25H28N4O3S. The van der Waals surface area contributed by atoms with Gasteiger partial charge in [0.1, 0.15) is 0 Å². The Morgan fingerprint density at radius 2 is 1.88 bits per heavy atom. The Kier molecular flexibility index (Phi) is 5.58. The molecule has 1 amide bonds. The van der Waals surface area contributed by atoms with Crippen molar-refractivity contribution < 1.29 is 13.2 Å². The lowest BCUT2D eigenvalue weighted by Crippen LogP contribution is -2.35. The maximum atomic E-state index is 13.6. The van der Waals surface area contributed by atoms with E-state index in [0.29, 0.717) is 26.1 Å². The quantitative estimate of drug-likeness (QED) is 0.685. The van der Waals surface area contributed by atoms with Gasteiger partial charge in [0.2, 0.25) is 15.9 Å². The Morgan fingerprint density at radius 3 is 2.73 bits per heavy atom. The minimum Gasteiger partial charge on any atom is -0.325 e. The van der Waals surface area contributed by atoms with Crippen molar-refractivity contribution in [3.8, 4) is 0 Å². The fraction of sp³-hybridized carbons (Fsp3) is 0.360. The number of aromatic nitrogens is 1. The molecule has 1 aromatic carbocycles. The van der Waals surface area contributed by atoms with Crippen LogP contribution in [0.4, 0.5) is 5.69 Å². The molecule has 2 aliphatic heterocycles. The van der Waals surface area contributed by atoms with Crippen molar-refractivity contribution in [2.75, 3.05) is 31.6 Å². The van der Waals surface area contributed by atoms with Crippen LogP contribution in [-0.2, 0) is 27.7 Å². The first-order chi connectivity index (χ1) is 15.8. The van der Waals surface area contributed by atoms with Crippen molar-refractivity contribution in [1.82, 2.24) is 8.87 Å². The van der Waals surface area contributed by atoms with Crippen LogP contribution in [0.25, 0.3) is 5.70 Å². The van der Waals surface area contributed by atoms with Gasteiger partial charge in [0.15, 0.2) is 0 Å². The molecule has 0 spiro atoms. The molecule has 0 saturated heterocycles. The molecule has 0 fully saturated rings. The maximum absolute atomic E-state index is 13.6. The monoisotopic (exact) mass is 464 g/mol. The highest BCUT2D eigenvalue weighted by Gasteiger charge is 2.29. The van der Waals surface area contributed by atoms with Gasteiger partial charge in [-0.3, -0.25) is 9.79 Å². The van der Waals surface area contributed by atoms with E-state index in [9.17, 15) is 13.2 Å². The summed E-state index contributed by atoms with van der Waals surface area (Å²) in [6.07, 6.45) is 9.02. The number of amides is 1. The van der Waals surface area contributed by atoms with Crippen LogP contribution in [0.1, 0.15) is 31.0 Å². The third kappa shape index (κ3) is 4.09. The van der Waals surface area contributed by atoms with Crippen molar-refractivity contribution >= 4 is 33.0 Å². The number of carbonyl (C=O) groups is 1. The zero-order chi connectivity index (χ0) is 23.2. The Balaban J connectivity index is 1.49. The van der Waals surface area contributed by atoms with Gasteiger partial charge in [-0.2, -0.15) is 4.31 Å². The summed E-state index contributed by atoms with van der Waals surface area (Å²) in [4.78, 5) is 18.6. The van der Waals surface area contributed by atoms with Crippen molar-refractivity contribution in [1.29, 1.82) is 0 Å². The Morgan fingerprint density at radius 1 is 1.03 bits per heavy atom. The van der Waals surface area contributed by atoms with Crippen LogP contribution in [0, 0.1) is 0 Å². The molecule has 0 atom stereocenters. The van der Waals surface area contributed by atoms with Crippen LogP contribution in [-0.4, -0.2) is 55.6 Å². The molecule has 0 radical (unpaired) electrons. The SMILES string of the molecule is CC1=CC2=NCCN(S(=O)(=O)c3ccc4c(c3)CC(=O)N4C)CCc3cccn3C(=C2)CC1. The lowest BCUT2D eigenvalue weighted by Gasteiger charge is -2.22. The first-order valence-electron chi connectivity index (χ1n) is 11.3. The first-order valence-corrected chi connectivity index (χ1v) is 12.8. The summed E-state index contributed by atoms with van der Waals surface area (Å²) in [5, 5.41) is 0. The van der Waals surface area contributed by atoms with Crippen LogP contribution in [0.3, 0.4) is 0 Å². The summed E-state index contributed by atoms with van der Waals surface area (Å²) >= 11 is 0. The highest BCUT2D eigenvalue weighted by molar-refractivity contribution is 7.89. The largest absolute Gasteiger partial charge is 0.325 e. The molecule has 0 unspecified atom stereocenters. The van der Waals surface area contributed by atoms with Crippen LogP contribution < -0.4 is 4.90 Å². The summed E-state index contributed by atoms with van der Waals surface area (Å²) in [6.45, 7) is 3.18. The predicted octanol–water partition coefficient (Wildman–Crippen LogP) is 3.28. The van der Waals surface area contributed by atoms with Gasteiger partial charge in [-0.1, -0.05) is 5.57 Å². The summed E-state index contributed by atoms with van der Waals surface area (Å²) < 4.78 is 31.0. The fourth-order valence-corrected chi connectivity index (χ4v) is 6.24. The summed E-state index contributed by atoms with van der Waals surface area (Å²) in [5.74, 6) is -0.0227. The van der Waals surface area contributed by atoms with Crippen LogP contribution in [0.15, 0.2) is 64.1 Å². The Hall–Kier alpha value is -2.97. The van der Waals surface area contributed by atoms with Crippen LogP contribution in [0.5, 0.6) is 0 Å². The van der Waals surface area contributed by atoms with Gasteiger partial charge in [0.25, 0.3) is 0 Å². The maximum Gasteiger partial charge on any atom is 0.243 e. The van der Waals surface area contributed by atoms with Gasteiger partial charge < -0.3 is 9.47 Å². The molecule has 3 aliphatic rings. The minimum atomic E-state index is -3.73. The number of hydrogen-bond acceptors (Lipinski definition) is 4. The predicted molar refractivity (Wildman–Crippen MR) is 130 cm³/mol. The van der Waals surface area contributed by atoms with E-state index in [2.05, 4.69) is 29.7 Å². The third-order valence-electron chi connectivity index (χ3n) is 6.65. The molecule has 2 aromatic rings. The molecule has 2 bridgehead atoms. The molecule has 172 valence electrons. The summed E-state index contributed by atoms with van der Waals surface area (Å²) in [6, 6.07) is 9.06. The van der Waals surface area contributed by atoms with E-state index in [1.165, 1.54) is 15.6 Å². The number of benzene rings is 1. The molecule has 5 rings (SSSR count). The molecule has 7 nitrogen and oxygen atoms in total. The topological polar surface area (TPSA) is 75.0 Å². The Labute approximate surface area is 194 Å². The number of nitrogens with zero attached hydrogens (tertiary/aromatic N) is 4. The van der Waals surface area contributed by atoms with E-state index < -0.39 is 10.0 Å². The van der Waals surface area contributed by atoms with Gasteiger partial charge >= 0.3 is 0 Å². The zero-order valence-electron chi connectivity index (χ0n) is 19.0. The lowest BCUT2D eigenvalue weighted by molar-refractivity contribution is -0.117. The number of sulfonamides is 1. The van der Waals surface area contributed by atoms with Crippen molar-refractivity contribution in [2.24, 2.45) is 4.99 Å². The van der Waals surface area contributed by atoms with E-state index in [1.807, 2.05) is 12.3 Å². The Bertz CT molecular complexity index is 1320. The molecule has 33 heavy (non-hydrogen) atoms. The number of rotatable bonds is 2. The molecule has 0 saturated carbocycles. The van der Waals surface area contributed by atoms with E-state index in [0.717, 1.165) is 35.5 Å². The highest BCUT2D eigenvalue weighted by atomic mass is 32.2. The molecule has 0 N–H and O–H groups in total. The number of hydrogen-bond donors (Lipinski definition) is 0. The second-order valence-electron chi connectivity index (χ2n) is 8.88. The molecule has 1 aliphatic carbocycles. The van der Waals surface area contributed by atoms with Gasteiger partial charge in [-0.15, -0.1) is 0 Å². The van der Waals surface area contributed by atoms with Gasteiger partial charge in [0.05, 0.1) is 23.6 Å². The average molecular weight is 465 g/mol. The second-order valence-corrected chi connectivity index (χ2v) is 10.8. The van der Waals surface area contributed by atoms with Crippen LogP contribution >= 0.6 is 0 Å². The number of fused-ring (bicyclic) bond motifs is 4. The lowest BCUT2D eigenvalue weighted by atomic mass is 10.1. The third-order valence-corrected chi connectivity index (χ3v) is 8.55. The van der Waals surface area contributed by atoms with Crippen molar-refractivity contribution in [3.05, 3.63) is 65.5 Å². The van der Waals surface area contributed by atoms with E-state index >= 15 is 0 Å². The standard InChI is InChI=1S/C25H28N4O3S/c1-18-5-6-22-17-20(14-18)26-10-13-28(12-9-21-4-3-11-29(21)22)33(31,32)23-7-8-24-19(15-23)16-25(30)27(24)2/h3-4,7-8,11,14-15,17H,5-6,9-10,12-13,16H2,1-2H3. The van der Waals surface area contributed by atoms with Gasteiger partial charge in [-0.25, -0.2) is 8.42 Å². The number of carbonyl (C=O) groups excluding carboxylic acids is 1. The summed E-state index contributed by atoms with van der Waals surface area (Å²) in [7, 11) is -2.01. The minimum absolute atomic E-state index is 0.0227. The molecule has 8 heteroatoms. The zero-order valence-corrected chi connectivity index (χ0v) is 19.8. The number of allylic oxidation sites excluding steroid dienone is 4. The van der Waals surface area contributed by atoms with E-state index in [-0.39, 0.29) is 17.2 Å². The second kappa shape index (κ2) is 8.43. The van der Waals surface area contributed by atoms with Crippen molar-refractivity contribution in [3.63, 3.8) is 0 Å². The normalized spacial score (nSPS) is 19.6. The highest BCUT2D eigenvalue weighted by Crippen LogP contribution is 2.31.